The Kier molecular flexibility index (Phi) is 2.18. The Balaban J connectivity index is 2.18. The zero-order valence-electron chi connectivity index (χ0n) is 8.18. The van der Waals surface area contributed by atoms with Crippen LogP contribution >= 0.6 is 15.9 Å². The number of aromatic amines is 1. The Labute approximate surface area is 99.9 Å². The average Bonchev–Trinajstić information content (AvgIpc) is 2.75. The number of halogens is 1. The van der Waals surface area contributed by atoms with Gasteiger partial charge in [0.25, 0.3) is 0 Å². The van der Waals surface area contributed by atoms with E-state index in [2.05, 4.69) is 35.9 Å². The SMILES string of the molecule is Brc1nccc(-c2ccc3nc[nH]c3c2)n1. The van der Waals surface area contributed by atoms with Crippen molar-refractivity contribution in [2.45, 2.75) is 0 Å². The molecule has 4 nitrogen and oxygen atoms in total. The lowest BCUT2D eigenvalue weighted by Gasteiger charge is -2.00. The highest BCUT2D eigenvalue weighted by atomic mass is 79.9. The Morgan fingerprint density at radius 3 is 2.94 bits per heavy atom. The maximum Gasteiger partial charge on any atom is 0.197 e. The number of aromatic nitrogens is 4. The number of nitrogens with one attached hydrogen (secondary N) is 1. The van der Waals surface area contributed by atoms with Crippen LogP contribution in [0.2, 0.25) is 0 Å². The molecular formula is C11H7BrN4. The van der Waals surface area contributed by atoms with Crippen LogP contribution in [0.4, 0.5) is 0 Å². The van der Waals surface area contributed by atoms with Crippen molar-refractivity contribution in [1.82, 2.24) is 19.9 Å². The maximum atomic E-state index is 4.31. The third-order valence-corrected chi connectivity index (χ3v) is 2.72. The number of H-pyrrole nitrogens is 1. The van der Waals surface area contributed by atoms with Crippen LogP contribution in [0, 0.1) is 0 Å². The zero-order valence-corrected chi connectivity index (χ0v) is 9.77. The van der Waals surface area contributed by atoms with Crippen LogP contribution in [0.1, 0.15) is 0 Å². The third kappa shape index (κ3) is 1.59. The first kappa shape index (κ1) is 9.47. The summed E-state index contributed by atoms with van der Waals surface area (Å²) >= 11 is 3.26. The smallest absolute Gasteiger partial charge is 0.197 e. The summed E-state index contributed by atoms with van der Waals surface area (Å²) in [7, 11) is 0. The molecule has 0 aliphatic rings. The quantitative estimate of drug-likeness (QED) is 0.695. The maximum absolute atomic E-state index is 4.31. The Morgan fingerprint density at radius 2 is 2.06 bits per heavy atom. The van der Waals surface area contributed by atoms with E-state index in [1.54, 1.807) is 12.5 Å². The van der Waals surface area contributed by atoms with E-state index in [4.69, 9.17) is 0 Å². The van der Waals surface area contributed by atoms with Gasteiger partial charge in [-0.25, -0.2) is 15.0 Å². The molecule has 0 aliphatic carbocycles. The molecule has 0 amide bonds. The number of nitrogens with zero attached hydrogens (tertiary/aromatic N) is 3. The normalized spacial score (nSPS) is 10.8. The minimum Gasteiger partial charge on any atom is -0.345 e. The molecule has 1 aromatic carbocycles. The molecule has 0 unspecified atom stereocenters. The molecular weight excluding hydrogens is 268 g/mol. The van der Waals surface area contributed by atoms with Crippen LogP contribution in [-0.4, -0.2) is 19.9 Å². The Bertz CT molecular complexity index is 647. The molecule has 1 N–H and O–H groups in total. The second kappa shape index (κ2) is 3.68. The highest BCUT2D eigenvalue weighted by Gasteiger charge is 2.03. The van der Waals surface area contributed by atoms with Gasteiger partial charge in [0.05, 0.1) is 23.1 Å². The molecule has 3 aromatic rings. The molecule has 0 bridgehead atoms. The van der Waals surface area contributed by atoms with Crippen LogP contribution in [0.5, 0.6) is 0 Å². The first-order valence-corrected chi connectivity index (χ1v) is 5.54. The lowest BCUT2D eigenvalue weighted by molar-refractivity contribution is 1.12. The van der Waals surface area contributed by atoms with E-state index < -0.39 is 0 Å². The minimum absolute atomic E-state index is 0.592. The summed E-state index contributed by atoms with van der Waals surface area (Å²) in [6.45, 7) is 0. The Morgan fingerprint density at radius 1 is 1.12 bits per heavy atom. The fourth-order valence-corrected chi connectivity index (χ4v) is 1.90. The first-order chi connectivity index (χ1) is 7.83. The zero-order chi connectivity index (χ0) is 11.0. The predicted molar refractivity (Wildman–Crippen MR) is 64.8 cm³/mol. The summed E-state index contributed by atoms with van der Waals surface area (Å²) < 4.78 is 0.592. The second-order valence-electron chi connectivity index (χ2n) is 3.35. The minimum atomic E-state index is 0.592. The van der Waals surface area contributed by atoms with E-state index in [-0.39, 0.29) is 0 Å². The summed E-state index contributed by atoms with van der Waals surface area (Å²) in [6, 6.07) is 7.87. The number of hydrogen-bond donors (Lipinski definition) is 1. The van der Waals surface area contributed by atoms with Gasteiger partial charge < -0.3 is 4.98 Å². The van der Waals surface area contributed by atoms with Gasteiger partial charge in [-0.1, -0.05) is 6.07 Å². The van der Waals surface area contributed by atoms with E-state index >= 15 is 0 Å². The highest BCUT2D eigenvalue weighted by Crippen LogP contribution is 2.21. The molecule has 78 valence electrons. The first-order valence-electron chi connectivity index (χ1n) is 4.75. The standard InChI is InChI=1S/C11H7BrN4/c12-11-13-4-3-8(16-11)7-1-2-9-10(5-7)15-6-14-9/h1-6H,(H,14,15). The van der Waals surface area contributed by atoms with Crippen LogP contribution in [-0.2, 0) is 0 Å². The van der Waals surface area contributed by atoms with Gasteiger partial charge in [0, 0.05) is 11.8 Å². The molecule has 0 fully saturated rings. The average molecular weight is 275 g/mol. The molecule has 0 saturated carbocycles. The lowest BCUT2D eigenvalue weighted by atomic mass is 10.1. The van der Waals surface area contributed by atoms with Crippen molar-refractivity contribution < 1.29 is 0 Å². The van der Waals surface area contributed by atoms with Crippen molar-refractivity contribution >= 4 is 27.0 Å². The summed E-state index contributed by atoms with van der Waals surface area (Å²) in [5, 5.41) is 0. The molecule has 0 radical (unpaired) electrons. The fraction of sp³-hybridized carbons (Fsp3) is 0. The van der Waals surface area contributed by atoms with E-state index in [1.165, 1.54) is 0 Å². The molecule has 3 rings (SSSR count). The van der Waals surface area contributed by atoms with E-state index in [9.17, 15) is 0 Å². The molecule has 0 aliphatic heterocycles. The molecule has 2 heterocycles. The molecule has 0 spiro atoms. The summed E-state index contributed by atoms with van der Waals surface area (Å²) in [5.41, 5.74) is 3.89. The van der Waals surface area contributed by atoms with Crippen molar-refractivity contribution in [3.8, 4) is 11.3 Å². The number of hydrogen-bond acceptors (Lipinski definition) is 3. The Hall–Kier alpha value is -1.75. The van der Waals surface area contributed by atoms with Crippen LogP contribution < -0.4 is 0 Å². The van der Waals surface area contributed by atoms with Gasteiger partial charge in [-0.2, -0.15) is 0 Å². The third-order valence-electron chi connectivity index (χ3n) is 2.34. The monoisotopic (exact) mass is 274 g/mol. The van der Waals surface area contributed by atoms with Gasteiger partial charge in [0.2, 0.25) is 0 Å². The largest absolute Gasteiger partial charge is 0.345 e. The molecule has 2 aromatic heterocycles. The summed E-state index contributed by atoms with van der Waals surface area (Å²) in [4.78, 5) is 15.6. The summed E-state index contributed by atoms with van der Waals surface area (Å²) in [6.07, 6.45) is 3.41. The van der Waals surface area contributed by atoms with Gasteiger partial charge >= 0.3 is 0 Å². The number of fused-ring (bicyclic) bond motifs is 1. The van der Waals surface area contributed by atoms with Crippen LogP contribution in [0.3, 0.4) is 0 Å². The molecule has 16 heavy (non-hydrogen) atoms. The van der Waals surface area contributed by atoms with E-state index in [0.29, 0.717) is 4.73 Å². The fourth-order valence-electron chi connectivity index (χ4n) is 1.59. The number of rotatable bonds is 1. The molecule has 0 saturated heterocycles. The highest BCUT2D eigenvalue weighted by molar-refractivity contribution is 9.10. The topological polar surface area (TPSA) is 54.5 Å². The number of benzene rings is 1. The van der Waals surface area contributed by atoms with Gasteiger partial charge in [-0.3, -0.25) is 0 Å². The van der Waals surface area contributed by atoms with Gasteiger partial charge in [0.15, 0.2) is 4.73 Å². The lowest BCUT2D eigenvalue weighted by Crippen LogP contribution is -1.86. The van der Waals surface area contributed by atoms with Crippen LogP contribution in [0.25, 0.3) is 22.3 Å². The van der Waals surface area contributed by atoms with Gasteiger partial charge in [-0.15, -0.1) is 0 Å². The summed E-state index contributed by atoms with van der Waals surface area (Å²) in [5.74, 6) is 0. The van der Waals surface area contributed by atoms with Crippen molar-refractivity contribution in [2.24, 2.45) is 0 Å². The van der Waals surface area contributed by atoms with Crippen molar-refractivity contribution in [3.05, 3.63) is 41.5 Å². The van der Waals surface area contributed by atoms with Gasteiger partial charge in [0.1, 0.15) is 0 Å². The van der Waals surface area contributed by atoms with E-state index in [0.717, 1.165) is 22.3 Å². The number of imidazole rings is 1. The van der Waals surface area contributed by atoms with Crippen LogP contribution in [0.15, 0.2) is 41.5 Å². The van der Waals surface area contributed by atoms with Crippen molar-refractivity contribution in [1.29, 1.82) is 0 Å². The van der Waals surface area contributed by atoms with Crippen molar-refractivity contribution in [2.75, 3.05) is 0 Å². The predicted octanol–water partition coefficient (Wildman–Crippen LogP) is 2.78. The molecule has 5 heteroatoms. The molecule has 0 atom stereocenters. The van der Waals surface area contributed by atoms with Gasteiger partial charge in [-0.05, 0) is 34.1 Å². The van der Waals surface area contributed by atoms with E-state index in [1.807, 2.05) is 24.3 Å². The second-order valence-corrected chi connectivity index (χ2v) is 4.05. The van der Waals surface area contributed by atoms with Crippen molar-refractivity contribution in [3.63, 3.8) is 0 Å².